The van der Waals surface area contributed by atoms with Crippen LogP contribution in [0.15, 0.2) is 54.9 Å². The lowest BCUT2D eigenvalue weighted by Gasteiger charge is -2.34. The summed E-state index contributed by atoms with van der Waals surface area (Å²) in [5.41, 5.74) is 0.0905. The summed E-state index contributed by atoms with van der Waals surface area (Å²) in [4.78, 5) is 27.6. The molecule has 0 unspecified atom stereocenters. The lowest BCUT2D eigenvalue weighted by Crippen LogP contribution is -2.47. The van der Waals surface area contributed by atoms with Gasteiger partial charge in [-0.25, -0.2) is 32.6 Å². The van der Waals surface area contributed by atoms with E-state index in [-0.39, 0.29) is 34.4 Å². The van der Waals surface area contributed by atoms with E-state index in [1.54, 1.807) is 50.8 Å². The Morgan fingerprint density at radius 3 is 2.43 bits per heavy atom. The Morgan fingerprint density at radius 2 is 1.73 bits per heavy atom. The zero-order chi connectivity index (χ0) is 37.4. The van der Waals surface area contributed by atoms with Crippen LogP contribution in [0.5, 0.6) is 11.6 Å². The summed E-state index contributed by atoms with van der Waals surface area (Å²) in [6.07, 6.45) is -2.05. The fraction of sp³-hybridized carbons (Fsp3) is 0.412. The number of amides is 1. The first-order valence-corrected chi connectivity index (χ1v) is 17.6. The summed E-state index contributed by atoms with van der Waals surface area (Å²) in [5, 5.41) is 3.37. The van der Waals surface area contributed by atoms with Crippen molar-refractivity contribution in [1.82, 2.24) is 19.9 Å². The summed E-state index contributed by atoms with van der Waals surface area (Å²) < 4.78 is 117. The molecule has 51 heavy (non-hydrogen) atoms. The number of carbonyl (C=O) groups excluding carboxylic acids is 1. The molecule has 0 radical (unpaired) electrons. The number of hydrogen-bond donors (Lipinski definition) is 1. The molecule has 1 fully saturated rings. The van der Waals surface area contributed by atoms with Gasteiger partial charge in [0.1, 0.15) is 22.9 Å². The molecule has 17 heteroatoms. The number of nitrogens with one attached hydrogen (secondary N) is 1. The molecule has 0 bridgehead atoms. The standard InChI is InChI=1S/C34H35F6N5O5S/c1-20-9-10-22-23(11-12-26(35)25(22)18-51(47,48)19-33(36,37)34(38,39)40)28(20)49-29-24(8-5-14-41-29)27-13-15-42-30(44-27)43-21-7-6-16-45(17-21)31(46)50-32(2,3)4/h5,8-15,21H,6-7,16-19H2,1-4H3,(H,42,43,44)/t21-/m0/s1. The normalized spacial score (nSPS) is 15.9. The quantitative estimate of drug-likeness (QED) is 0.171. The first-order chi connectivity index (χ1) is 23.7. The number of fused-ring (bicyclic) bond motifs is 1. The second-order valence-electron chi connectivity index (χ2n) is 13.2. The minimum absolute atomic E-state index is 0.0508. The number of aryl methyl sites for hydroxylation is 1. The molecule has 5 rings (SSSR count). The molecule has 3 heterocycles. The Bertz CT molecular complexity index is 2040. The van der Waals surface area contributed by atoms with E-state index in [1.807, 2.05) is 0 Å². The van der Waals surface area contributed by atoms with Crippen LogP contribution in [0.3, 0.4) is 0 Å². The number of carbonyl (C=O) groups is 1. The molecule has 4 aromatic rings. The Labute approximate surface area is 290 Å². The lowest BCUT2D eigenvalue weighted by atomic mass is 10.0. The number of anilines is 1. The van der Waals surface area contributed by atoms with Gasteiger partial charge in [0, 0.05) is 42.5 Å². The van der Waals surface area contributed by atoms with Gasteiger partial charge < -0.3 is 19.7 Å². The highest BCUT2D eigenvalue weighted by Crippen LogP contribution is 2.40. The highest BCUT2D eigenvalue weighted by Gasteiger charge is 2.59. The largest absolute Gasteiger partial charge is 0.454 e. The smallest absolute Gasteiger partial charge is 0.444 e. The van der Waals surface area contributed by atoms with E-state index in [9.17, 15) is 35.2 Å². The number of pyridine rings is 1. The Balaban J connectivity index is 1.42. The molecule has 1 N–H and O–H groups in total. The van der Waals surface area contributed by atoms with Crippen LogP contribution in [-0.4, -0.2) is 76.9 Å². The molecule has 2 aromatic heterocycles. The summed E-state index contributed by atoms with van der Waals surface area (Å²) in [6.45, 7) is 7.96. The van der Waals surface area contributed by atoms with Gasteiger partial charge in [0.25, 0.3) is 0 Å². The number of rotatable bonds is 9. The van der Waals surface area contributed by atoms with E-state index in [2.05, 4.69) is 20.3 Å². The van der Waals surface area contributed by atoms with Gasteiger partial charge in [-0.05, 0) is 81.8 Å². The molecule has 0 spiro atoms. The molecule has 10 nitrogen and oxygen atoms in total. The van der Waals surface area contributed by atoms with Crippen molar-refractivity contribution < 1.29 is 49.0 Å². The zero-order valence-electron chi connectivity index (χ0n) is 28.0. The van der Waals surface area contributed by atoms with Crippen molar-refractivity contribution in [2.24, 2.45) is 0 Å². The maximum Gasteiger partial charge on any atom is 0.454 e. The minimum Gasteiger partial charge on any atom is -0.444 e. The van der Waals surface area contributed by atoms with Gasteiger partial charge in [0.2, 0.25) is 11.8 Å². The maximum absolute atomic E-state index is 15.0. The van der Waals surface area contributed by atoms with Gasteiger partial charge in [-0.3, -0.25) is 0 Å². The van der Waals surface area contributed by atoms with E-state index in [1.165, 1.54) is 30.6 Å². The molecular formula is C34H35F6N5O5S. The predicted molar refractivity (Wildman–Crippen MR) is 177 cm³/mol. The van der Waals surface area contributed by atoms with Crippen molar-refractivity contribution in [3.8, 4) is 22.9 Å². The van der Waals surface area contributed by atoms with Crippen molar-refractivity contribution in [3.63, 3.8) is 0 Å². The van der Waals surface area contributed by atoms with Gasteiger partial charge in [-0.15, -0.1) is 0 Å². The first kappa shape index (κ1) is 37.6. The Kier molecular flexibility index (Phi) is 10.4. The minimum atomic E-state index is -6.10. The molecule has 0 aliphatic carbocycles. The molecule has 2 aromatic carbocycles. The molecule has 0 saturated carbocycles. The SMILES string of the molecule is Cc1ccc2c(CS(=O)(=O)CC(F)(F)C(F)(F)F)c(F)ccc2c1Oc1ncccc1-c1ccnc(N[C@H]2CCCN(C(=O)OC(C)(C)C)C2)n1. The van der Waals surface area contributed by atoms with E-state index >= 15 is 4.39 Å². The lowest BCUT2D eigenvalue weighted by molar-refractivity contribution is -0.271. The third-order valence-corrected chi connectivity index (χ3v) is 9.42. The van der Waals surface area contributed by atoms with Crippen molar-refractivity contribution in [1.29, 1.82) is 0 Å². The zero-order valence-corrected chi connectivity index (χ0v) is 28.8. The summed E-state index contributed by atoms with van der Waals surface area (Å²) in [5.74, 6) is -10.1. The van der Waals surface area contributed by atoms with Gasteiger partial charge in [0.05, 0.1) is 17.0 Å². The summed E-state index contributed by atoms with van der Waals surface area (Å²) in [6, 6.07) is 9.75. The number of nitrogens with zero attached hydrogens (tertiary/aromatic N) is 4. The van der Waals surface area contributed by atoms with E-state index in [0.29, 0.717) is 29.9 Å². The van der Waals surface area contributed by atoms with E-state index in [4.69, 9.17) is 9.47 Å². The van der Waals surface area contributed by atoms with Crippen molar-refractivity contribution in [2.75, 3.05) is 24.2 Å². The third-order valence-electron chi connectivity index (χ3n) is 7.89. The van der Waals surface area contributed by atoms with Gasteiger partial charge >= 0.3 is 18.2 Å². The van der Waals surface area contributed by atoms with E-state index in [0.717, 1.165) is 18.9 Å². The van der Waals surface area contributed by atoms with Crippen LogP contribution in [0.4, 0.5) is 37.1 Å². The number of aromatic nitrogens is 3. The predicted octanol–water partition coefficient (Wildman–Crippen LogP) is 7.86. The number of ether oxygens (including phenoxy) is 2. The number of hydrogen-bond acceptors (Lipinski definition) is 9. The fourth-order valence-corrected chi connectivity index (χ4v) is 7.10. The van der Waals surface area contributed by atoms with Crippen molar-refractivity contribution in [3.05, 3.63) is 71.8 Å². The molecule has 1 aliphatic rings. The average molecular weight is 740 g/mol. The number of alkyl halides is 5. The van der Waals surface area contributed by atoms with Crippen LogP contribution >= 0.6 is 0 Å². The number of piperidine rings is 1. The number of likely N-dealkylation sites (tertiary alicyclic amines) is 1. The second-order valence-corrected chi connectivity index (χ2v) is 15.3. The topological polar surface area (TPSA) is 124 Å². The second kappa shape index (κ2) is 14.2. The van der Waals surface area contributed by atoms with Crippen LogP contribution in [-0.2, 0) is 20.3 Å². The molecule has 1 saturated heterocycles. The third kappa shape index (κ3) is 8.98. The van der Waals surface area contributed by atoms with Crippen LogP contribution in [0.2, 0.25) is 0 Å². The summed E-state index contributed by atoms with van der Waals surface area (Å²) in [7, 11) is -5.15. The molecule has 274 valence electrons. The van der Waals surface area contributed by atoms with E-state index < -0.39 is 56.5 Å². The monoisotopic (exact) mass is 739 g/mol. The van der Waals surface area contributed by atoms with Crippen LogP contribution in [0, 0.1) is 12.7 Å². The Hall–Kier alpha value is -4.67. The summed E-state index contributed by atoms with van der Waals surface area (Å²) >= 11 is 0. The highest BCUT2D eigenvalue weighted by atomic mass is 32.2. The van der Waals surface area contributed by atoms with Gasteiger partial charge in [-0.2, -0.15) is 22.0 Å². The Morgan fingerprint density at radius 1 is 1.00 bits per heavy atom. The molecule has 1 atom stereocenters. The molecule has 1 aliphatic heterocycles. The van der Waals surface area contributed by atoms with Crippen LogP contribution in [0.1, 0.15) is 44.7 Å². The molecule has 1 amide bonds. The number of benzene rings is 2. The highest BCUT2D eigenvalue weighted by molar-refractivity contribution is 7.90. The maximum atomic E-state index is 15.0. The number of sulfone groups is 1. The van der Waals surface area contributed by atoms with Crippen molar-refractivity contribution >= 4 is 32.7 Å². The van der Waals surface area contributed by atoms with Crippen molar-refractivity contribution in [2.45, 2.75) is 70.0 Å². The first-order valence-electron chi connectivity index (χ1n) is 15.8. The van der Waals surface area contributed by atoms with Gasteiger partial charge in [0.15, 0.2) is 9.84 Å². The fourth-order valence-electron chi connectivity index (χ4n) is 5.55. The van der Waals surface area contributed by atoms with Gasteiger partial charge in [-0.1, -0.05) is 12.1 Å². The molecular weight excluding hydrogens is 704 g/mol. The number of halogens is 6. The van der Waals surface area contributed by atoms with Crippen LogP contribution in [0.25, 0.3) is 22.0 Å². The van der Waals surface area contributed by atoms with Crippen LogP contribution < -0.4 is 10.1 Å². The average Bonchev–Trinajstić information content (AvgIpc) is 3.02.